The highest BCUT2D eigenvalue weighted by Gasteiger charge is 2.27. The van der Waals surface area contributed by atoms with Gasteiger partial charge in [-0.05, 0) is 68.3 Å². The van der Waals surface area contributed by atoms with Crippen molar-refractivity contribution in [2.75, 3.05) is 46.4 Å². The van der Waals surface area contributed by atoms with Crippen molar-refractivity contribution in [3.8, 4) is 5.75 Å². The first-order valence-electron chi connectivity index (χ1n) is 15.2. The molecule has 1 aromatic heterocycles. The fourth-order valence-electron chi connectivity index (χ4n) is 5.23. The minimum absolute atomic E-state index is 0.144. The number of nitrogens with zero attached hydrogens (tertiary/aromatic N) is 4. The lowest BCUT2D eigenvalue weighted by Gasteiger charge is -2.35. The molecule has 5 rings (SSSR count). The maximum atomic E-state index is 13.5. The highest BCUT2D eigenvalue weighted by molar-refractivity contribution is 8.00. The summed E-state index contributed by atoms with van der Waals surface area (Å²) in [5.41, 5.74) is 0.653. The summed E-state index contributed by atoms with van der Waals surface area (Å²) in [4.78, 5) is 47.6. The predicted octanol–water partition coefficient (Wildman–Crippen LogP) is 5.51. The van der Waals surface area contributed by atoms with Crippen LogP contribution in [-0.4, -0.2) is 83.5 Å². The van der Waals surface area contributed by atoms with Gasteiger partial charge in [0.2, 0.25) is 0 Å². The van der Waals surface area contributed by atoms with Gasteiger partial charge in [-0.25, -0.2) is 9.78 Å². The molecular weight excluding hydrogens is 592 g/mol. The van der Waals surface area contributed by atoms with Crippen molar-refractivity contribution < 1.29 is 23.8 Å². The summed E-state index contributed by atoms with van der Waals surface area (Å²) in [5.74, 6) is 0.246. The number of esters is 1. The molecular formula is C34H40N4O6S. The number of hydrogen-bond donors (Lipinski definition) is 0. The third-order valence-electron chi connectivity index (χ3n) is 7.62. The zero-order valence-electron chi connectivity index (χ0n) is 26.4. The van der Waals surface area contributed by atoms with E-state index in [0.29, 0.717) is 53.6 Å². The maximum absolute atomic E-state index is 13.5. The van der Waals surface area contributed by atoms with Crippen molar-refractivity contribution in [3.05, 3.63) is 76.6 Å². The minimum atomic E-state index is -0.729. The maximum Gasteiger partial charge on any atom is 0.410 e. The lowest BCUT2D eigenvalue weighted by Crippen LogP contribution is -2.50. The topological polar surface area (TPSA) is 103 Å². The Morgan fingerprint density at radius 2 is 1.64 bits per heavy atom. The molecule has 238 valence electrons. The van der Waals surface area contributed by atoms with E-state index in [0.717, 1.165) is 30.4 Å². The van der Waals surface area contributed by atoms with Crippen LogP contribution in [0.3, 0.4) is 0 Å². The Bertz CT molecular complexity index is 1730. The van der Waals surface area contributed by atoms with Gasteiger partial charge in [-0.1, -0.05) is 48.2 Å². The summed E-state index contributed by atoms with van der Waals surface area (Å²) in [7, 11) is 1.35. The second kappa shape index (κ2) is 13.9. The molecule has 4 aromatic rings. The molecule has 1 atom stereocenters. The second-order valence-electron chi connectivity index (χ2n) is 11.9. The van der Waals surface area contributed by atoms with Crippen LogP contribution < -0.4 is 10.3 Å². The molecule has 0 saturated carbocycles. The van der Waals surface area contributed by atoms with Gasteiger partial charge in [0.15, 0.2) is 5.16 Å². The standard InChI is InChI=1S/C34H40N4O6S/c1-6-38-30(39)27-21-24-9-7-8-10-25(24)22-28(27)35-32(38)45-29(31(40)42-5)23-11-13-26(14-12-23)43-20-19-36-15-17-37(18-16-36)33(41)44-34(2,3)4/h7-14,21-22,29H,6,15-20H2,1-5H3. The lowest BCUT2D eigenvalue weighted by molar-refractivity contribution is -0.140. The number of aromatic nitrogens is 2. The van der Waals surface area contributed by atoms with Crippen molar-refractivity contribution in [2.24, 2.45) is 0 Å². The van der Waals surface area contributed by atoms with E-state index in [-0.39, 0.29) is 11.7 Å². The van der Waals surface area contributed by atoms with Gasteiger partial charge in [-0.15, -0.1) is 0 Å². The molecule has 1 aliphatic heterocycles. The fraction of sp³-hybridized carbons (Fsp3) is 0.412. The Morgan fingerprint density at radius 1 is 0.978 bits per heavy atom. The van der Waals surface area contributed by atoms with Gasteiger partial charge >= 0.3 is 12.1 Å². The van der Waals surface area contributed by atoms with E-state index < -0.39 is 16.8 Å². The number of carbonyl (C=O) groups is 2. The molecule has 0 aliphatic carbocycles. The van der Waals surface area contributed by atoms with E-state index >= 15 is 0 Å². The van der Waals surface area contributed by atoms with E-state index in [1.165, 1.54) is 18.9 Å². The highest BCUT2D eigenvalue weighted by Crippen LogP contribution is 2.36. The third-order valence-corrected chi connectivity index (χ3v) is 8.85. The molecule has 10 nitrogen and oxygen atoms in total. The lowest BCUT2D eigenvalue weighted by atomic mass is 10.1. The first-order valence-corrected chi connectivity index (χ1v) is 16.0. The van der Waals surface area contributed by atoms with Crippen LogP contribution in [0.2, 0.25) is 0 Å². The molecule has 0 spiro atoms. The van der Waals surface area contributed by atoms with E-state index in [2.05, 4.69) is 4.90 Å². The highest BCUT2D eigenvalue weighted by atomic mass is 32.2. The molecule has 1 saturated heterocycles. The van der Waals surface area contributed by atoms with Gasteiger partial charge in [-0.3, -0.25) is 19.1 Å². The molecule has 1 aliphatic rings. The van der Waals surface area contributed by atoms with Crippen molar-refractivity contribution in [1.82, 2.24) is 19.4 Å². The number of rotatable bonds is 9. The first kappa shape index (κ1) is 32.3. The van der Waals surface area contributed by atoms with E-state index in [1.807, 2.05) is 88.4 Å². The van der Waals surface area contributed by atoms with Crippen LogP contribution in [0.15, 0.2) is 70.6 Å². The normalized spacial score (nSPS) is 14.8. The van der Waals surface area contributed by atoms with Crippen LogP contribution in [0.1, 0.15) is 38.5 Å². The number of benzene rings is 3. The quantitative estimate of drug-likeness (QED) is 0.102. The number of piperazine rings is 1. The van der Waals surface area contributed by atoms with Crippen molar-refractivity contribution in [2.45, 2.75) is 50.2 Å². The Morgan fingerprint density at radius 3 is 2.27 bits per heavy atom. The van der Waals surface area contributed by atoms with Gasteiger partial charge in [-0.2, -0.15) is 0 Å². The molecule has 45 heavy (non-hydrogen) atoms. The molecule has 1 amide bonds. The zero-order chi connectivity index (χ0) is 32.1. The first-order chi connectivity index (χ1) is 21.6. The predicted molar refractivity (Wildman–Crippen MR) is 176 cm³/mol. The van der Waals surface area contributed by atoms with Gasteiger partial charge in [0.1, 0.15) is 23.2 Å². The van der Waals surface area contributed by atoms with Crippen LogP contribution in [0.5, 0.6) is 5.75 Å². The zero-order valence-corrected chi connectivity index (χ0v) is 27.3. The Kier molecular flexibility index (Phi) is 9.99. The van der Waals surface area contributed by atoms with Gasteiger partial charge in [0, 0.05) is 39.3 Å². The monoisotopic (exact) mass is 632 g/mol. The Hall–Kier alpha value is -4.09. The fourth-order valence-corrected chi connectivity index (χ4v) is 6.42. The minimum Gasteiger partial charge on any atom is -0.492 e. The van der Waals surface area contributed by atoms with Crippen LogP contribution in [-0.2, 0) is 20.8 Å². The molecule has 0 N–H and O–H groups in total. The van der Waals surface area contributed by atoms with E-state index in [9.17, 15) is 14.4 Å². The Labute approximate surface area is 267 Å². The smallest absolute Gasteiger partial charge is 0.410 e. The summed E-state index contributed by atoms with van der Waals surface area (Å²) in [5, 5.41) is 2.23. The SMILES string of the molecule is CCn1c(SC(C(=O)OC)c2ccc(OCCN3CCN(C(=O)OC(C)(C)C)CC3)cc2)nc2cc3ccccc3cc2c1=O. The Balaban J connectivity index is 1.24. The van der Waals surface area contributed by atoms with Crippen LogP contribution in [0.25, 0.3) is 21.7 Å². The molecule has 3 aromatic carbocycles. The molecule has 11 heteroatoms. The van der Waals surface area contributed by atoms with Crippen LogP contribution in [0.4, 0.5) is 4.79 Å². The summed E-state index contributed by atoms with van der Waals surface area (Å²) in [6.07, 6.45) is -0.273. The molecule has 1 unspecified atom stereocenters. The number of hydrogen-bond acceptors (Lipinski definition) is 9. The van der Waals surface area contributed by atoms with E-state index in [1.54, 1.807) is 9.47 Å². The number of carbonyl (C=O) groups excluding carboxylic acids is 2. The summed E-state index contributed by atoms with van der Waals surface area (Å²) >= 11 is 1.20. The number of amides is 1. The largest absolute Gasteiger partial charge is 0.492 e. The van der Waals surface area contributed by atoms with Gasteiger partial charge in [0.25, 0.3) is 5.56 Å². The summed E-state index contributed by atoms with van der Waals surface area (Å²) in [6.45, 7) is 11.8. The molecule has 0 bridgehead atoms. The summed E-state index contributed by atoms with van der Waals surface area (Å²) in [6, 6.07) is 19.0. The van der Waals surface area contributed by atoms with Gasteiger partial charge < -0.3 is 19.1 Å². The number of ether oxygens (including phenoxy) is 3. The van der Waals surface area contributed by atoms with E-state index in [4.69, 9.17) is 19.2 Å². The third kappa shape index (κ3) is 7.77. The second-order valence-corrected chi connectivity index (χ2v) is 13.0. The number of fused-ring (bicyclic) bond motifs is 2. The van der Waals surface area contributed by atoms with Crippen molar-refractivity contribution in [3.63, 3.8) is 0 Å². The number of thioether (sulfide) groups is 1. The van der Waals surface area contributed by atoms with Crippen molar-refractivity contribution in [1.29, 1.82) is 0 Å². The van der Waals surface area contributed by atoms with Crippen LogP contribution in [0, 0.1) is 0 Å². The van der Waals surface area contributed by atoms with Crippen LogP contribution >= 0.6 is 11.8 Å². The average Bonchev–Trinajstić information content (AvgIpc) is 3.02. The number of methoxy groups -OCH3 is 1. The average molecular weight is 633 g/mol. The molecule has 1 fully saturated rings. The summed E-state index contributed by atoms with van der Waals surface area (Å²) < 4.78 is 18.2. The van der Waals surface area contributed by atoms with Gasteiger partial charge in [0.05, 0.1) is 18.0 Å². The molecule has 2 heterocycles. The molecule has 0 radical (unpaired) electrons. The van der Waals surface area contributed by atoms with Crippen molar-refractivity contribution >= 4 is 45.5 Å².